The van der Waals surface area contributed by atoms with E-state index >= 15 is 0 Å². The molecular formula is C27H28ClFN6O4. The van der Waals surface area contributed by atoms with Crippen LogP contribution in [-0.4, -0.2) is 83.6 Å². The number of carbonyl (C=O) groups is 2. The highest BCUT2D eigenvalue weighted by molar-refractivity contribution is 6.31. The van der Waals surface area contributed by atoms with E-state index < -0.39 is 5.82 Å². The van der Waals surface area contributed by atoms with Gasteiger partial charge in [-0.05, 0) is 36.8 Å². The van der Waals surface area contributed by atoms with Crippen molar-refractivity contribution in [3.8, 4) is 5.75 Å². The fraction of sp³-hybridized carbons (Fsp3) is 0.333. The molecule has 0 spiro atoms. The summed E-state index contributed by atoms with van der Waals surface area (Å²) < 4.78 is 24.9. The topological polar surface area (TPSA) is 109 Å². The molecule has 2 aromatic carbocycles. The van der Waals surface area contributed by atoms with Gasteiger partial charge in [0.25, 0.3) is 0 Å². The lowest BCUT2D eigenvalue weighted by atomic mass is 10.1. The summed E-state index contributed by atoms with van der Waals surface area (Å²) in [6.07, 6.45) is 3.35. The number of aromatic nitrogens is 2. The molecule has 0 bridgehead atoms. The molecule has 2 fully saturated rings. The molecule has 1 unspecified atom stereocenters. The average molecular weight is 555 g/mol. The zero-order valence-corrected chi connectivity index (χ0v) is 21.9. The van der Waals surface area contributed by atoms with Crippen molar-refractivity contribution in [1.29, 1.82) is 0 Å². The molecular weight excluding hydrogens is 527 g/mol. The number of benzene rings is 2. The maximum atomic E-state index is 13.6. The van der Waals surface area contributed by atoms with Crippen molar-refractivity contribution in [3.63, 3.8) is 0 Å². The minimum Gasteiger partial charge on any atom is -0.491 e. The van der Waals surface area contributed by atoms with Gasteiger partial charge in [-0.15, -0.1) is 0 Å². The number of morpholine rings is 1. The molecule has 204 valence electrons. The Morgan fingerprint density at radius 1 is 1.28 bits per heavy atom. The van der Waals surface area contributed by atoms with Crippen molar-refractivity contribution in [2.24, 2.45) is 0 Å². The highest BCUT2D eigenvalue weighted by Crippen LogP contribution is 2.34. The molecule has 1 atom stereocenters. The third-order valence-electron chi connectivity index (χ3n) is 6.70. The number of nitrogens with zero attached hydrogens (tertiary/aromatic N) is 4. The number of ether oxygens (including phenoxy) is 2. The van der Waals surface area contributed by atoms with Crippen LogP contribution in [0.3, 0.4) is 0 Å². The molecule has 2 aliphatic rings. The Bertz CT molecular complexity index is 1410. The number of rotatable bonds is 9. The summed E-state index contributed by atoms with van der Waals surface area (Å²) in [4.78, 5) is 36.9. The minimum atomic E-state index is -0.521. The van der Waals surface area contributed by atoms with Crippen LogP contribution in [0.1, 0.15) is 6.42 Å². The van der Waals surface area contributed by atoms with Crippen LogP contribution < -0.4 is 15.4 Å². The number of piperazine rings is 1. The molecule has 39 heavy (non-hydrogen) atoms. The standard InChI is InChI=1S/C27H28ClFN6O4/c1-2-25(36)33-23-11-19-22(30-16-31-27(19)32-17-4-5-21(29)20(28)10-17)12-24(23)38-9-3-6-34-7-8-35-14-26(37)39-15-18(35)13-34/h2,4-5,10-12,16,18H,1,3,6-9,13-15H2,(H,33,36)(H,30,31,32). The first-order valence-electron chi connectivity index (χ1n) is 12.6. The number of amides is 1. The van der Waals surface area contributed by atoms with Crippen LogP contribution in [0.15, 0.2) is 49.3 Å². The quantitative estimate of drug-likeness (QED) is 0.233. The van der Waals surface area contributed by atoms with Crippen molar-refractivity contribution < 1.29 is 23.5 Å². The van der Waals surface area contributed by atoms with Gasteiger partial charge in [0, 0.05) is 43.3 Å². The molecule has 12 heteroatoms. The van der Waals surface area contributed by atoms with E-state index in [2.05, 4.69) is 37.0 Å². The predicted octanol–water partition coefficient (Wildman–Crippen LogP) is 3.60. The van der Waals surface area contributed by atoms with Gasteiger partial charge in [0.05, 0.1) is 35.4 Å². The Hall–Kier alpha value is -3.80. The molecule has 1 aromatic heterocycles. The molecule has 0 radical (unpaired) electrons. The fourth-order valence-corrected chi connectivity index (χ4v) is 4.87. The van der Waals surface area contributed by atoms with Gasteiger partial charge in [0.2, 0.25) is 5.91 Å². The number of esters is 1. The summed E-state index contributed by atoms with van der Waals surface area (Å²) in [6.45, 7) is 8.14. The SMILES string of the molecule is C=CC(=O)Nc1cc2c(Nc3ccc(F)c(Cl)c3)ncnc2cc1OCCCN1CCN2CC(=O)OCC2C1. The van der Waals surface area contributed by atoms with Gasteiger partial charge in [-0.2, -0.15) is 0 Å². The lowest BCUT2D eigenvalue weighted by molar-refractivity contribution is -0.157. The van der Waals surface area contributed by atoms with Crippen molar-refractivity contribution in [2.45, 2.75) is 12.5 Å². The van der Waals surface area contributed by atoms with Crippen molar-refractivity contribution in [2.75, 3.05) is 56.6 Å². The molecule has 3 aromatic rings. The van der Waals surface area contributed by atoms with E-state index in [1.54, 1.807) is 18.2 Å². The highest BCUT2D eigenvalue weighted by Gasteiger charge is 2.32. The monoisotopic (exact) mass is 554 g/mol. The first kappa shape index (κ1) is 26.8. The van der Waals surface area contributed by atoms with Crippen LogP contribution in [0.2, 0.25) is 5.02 Å². The normalized spacial score (nSPS) is 17.8. The van der Waals surface area contributed by atoms with Gasteiger partial charge in [0.1, 0.15) is 30.3 Å². The Labute approximate surface area is 229 Å². The fourth-order valence-electron chi connectivity index (χ4n) is 4.69. The molecule has 0 aliphatic carbocycles. The number of anilines is 3. The van der Waals surface area contributed by atoms with E-state index in [0.29, 0.717) is 53.6 Å². The van der Waals surface area contributed by atoms with Crippen LogP contribution >= 0.6 is 11.6 Å². The molecule has 5 rings (SSSR count). The van der Waals surface area contributed by atoms with E-state index in [1.165, 1.54) is 24.5 Å². The van der Waals surface area contributed by atoms with Crippen LogP contribution in [0.5, 0.6) is 5.75 Å². The lowest BCUT2D eigenvalue weighted by Gasteiger charge is -2.42. The first-order valence-corrected chi connectivity index (χ1v) is 13.0. The van der Waals surface area contributed by atoms with Gasteiger partial charge in [-0.3, -0.25) is 14.5 Å². The van der Waals surface area contributed by atoms with E-state index in [-0.39, 0.29) is 22.9 Å². The Morgan fingerprint density at radius 3 is 2.97 bits per heavy atom. The zero-order valence-electron chi connectivity index (χ0n) is 21.2. The minimum absolute atomic E-state index is 0.0166. The predicted molar refractivity (Wildman–Crippen MR) is 146 cm³/mol. The number of nitrogens with one attached hydrogen (secondary N) is 2. The maximum absolute atomic E-state index is 13.6. The average Bonchev–Trinajstić information content (AvgIpc) is 2.93. The van der Waals surface area contributed by atoms with Crippen LogP contribution in [0.4, 0.5) is 21.6 Å². The second-order valence-corrected chi connectivity index (χ2v) is 9.75. The molecule has 2 saturated heterocycles. The summed E-state index contributed by atoms with van der Waals surface area (Å²) in [5, 5.41) is 6.52. The second kappa shape index (κ2) is 11.9. The molecule has 2 aliphatic heterocycles. The number of hydrogen-bond acceptors (Lipinski definition) is 9. The van der Waals surface area contributed by atoms with Crippen molar-refractivity contribution in [1.82, 2.24) is 19.8 Å². The number of cyclic esters (lactones) is 1. The summed E-state index contributed by atoms with van der Waals surface area (Å²) >= 11 is 5.92. The van der Waals surface area contributed by atoms with Crippen LogP contribution in [0, 0.1) is 5.82 Å². The largest absolute Gasteiger partial charge is 0.491 e. The summed E-state index contributed by atoms with van der Waals surface area (Å²) in [5.41, 5.74) is 1.58. The van der Waals surface area contributed by atoms with Gasteiger partial charge >= 0.3 is 5.97 Å². The van der Waals surface area contributed by atoms with E-state index in [9.17, 15) is 14.0 Å². The Morgan fingerprint density at radius 2 is 2.15 bits per heavy atom. The highest BCUT2D eigenvalue weighted by atomic mass is 35.5. The molecule has 1 amide bonds. The van der Waals surface area contributed by atoms with Gasteiger partial charge in [-0.25, -0.2) is 14.4 Å². The van der Waals surface area contributed by atoms with E-state index in [1.807, 2.05) is 0 Å². The van der Waals surface area contributed by atoms with Crippen molar-refractivity contribution in [3.05, 3.63) is 60.2 Å². The summed E-state index contributed by atoms with van der Waals surface area (Å²) in [7, 11) is 0. The zero-order chi connectivity index (χ0) is 27.4. The summed E-state index contributed by atoms with van der Waals surface area (Å²) in [6, 6.07) is 7.97. The van der Waals surface area contributed by atoms with Gasteiger partial charge in [-0.1, -0.05) is 18.2 Å². The second-order valence-electron chi connectivity index (χ2n) is 9.34. The van der Waals surface area contributed by atoms with E-state index in [4.69, 9.17) is 21.1 Å². The number of halogens is 2. The molecule has 2 N–H and O–H groups in total. The third-order valence-corrected chi connectivity index (χ3v) is 6.99. The molecule has 3 heterocycles. The van der Waals surface area contributed by atoms with Gasteiger partial charge in [0.15, 0.2) is 0 Å². The maximum Gasteiger partial charge on any atom is 0.320 e. The number of fused-ring (bicyclic) bond motifs is 2. The smallest absolute Gasteiger partial charge is 0.320 e. The Kier molecular flexibility index (Phi) is 8.20. The van der Waals surface area contributed by atoms with Crippen molar-refractivity contribution >= 4 is 51.6 Å². The summed E-state index contributed by atoms with van der Waals surface area (Å²) in [5.74, 6) is -0.141. The third kappa shape index (κ3) is 6.44. The van der Waals surface area contributed by atoms with Gasteiger partial charge < -0.3 is 25.0 Å². The lowest BCUT2D eigenvalue weighted by Crippen LogP contribution is -2.59. The van der Waals surface area contributed by atoms with Crippen LogP contribution in [0.25, 0.3) is 10.9 Å². The van der Waals surface area contributed by atoms with Crippen LogP contribution in [-0.2, 0) is 14.3 Å². The number of carbonyl (C=O) groups excluding carboxylic acids is 2. The first-order chi connectivity index (χ1) is 18.9. The molecule has 0 saturated carbocycles. The molecule has 10 nitrogen and oxygen atoms in total. The van der Waals surface area contributed by atoms with E-state index in [0.717, 1.165) is 32.6 Å². The number of hydrogen-bond donors (Lipinski definition) is 2. The Balaban J connectivity index is 1.28.